The molecule has 0 heterocycles. The molecule has 0 aliphatic rings. The second-order valence-electron chi connectivity index (χ2n) is 4.28. The third-order valence-corrected chi connectivity index (χ3v) is 2.47. The average molecular weight is 232 g/mol. The quantitative estimate of drug-likeness (QED) is 0.506. The van der Waals surface area contributed by atoms with E-state index in [1.807, 2.05) is 37.3 Å². The van der Waals surface area contributed by atoms with Gasteiger partial charge in [-0.3, -0.25) is 4.79 Å². The number of ketones is 1. The molecular formula is C15H20O2. The summed E-state index contributed by atoms with van der Waals surface area (Å²) in [7, 11) is 0. The van der Waals surface area contributed by atoms with Crippen molar-refractivity contribution in [3.63, 3.8) is 0 Å². The van der Waals surface area contributed by atoms with Gasteiger partial charge in [0.15, 0.2) is 0 Å². The topological polar surface area (TPSA) is 26.3 Å². The molecule has 0 unspecified atom stereocenters. The number of benzene rings is 1. The number of ether oxygens (including phenoxy) is 1. The van der Waals surface area contributed by atoms with Gasteiger partial charge in [0.1, 0.15) is 5.78 Å². The van der Waals surface area contributed by atoms with Crippen LogP contribution in [0.4, 0.5) is 0 Å². The predicted octanol–water partition coefficient (Wildman–Crippen LogP) is 3.52. The van der Waals surface area contributed by atoms with Crippen molar-refractivity contribution in [3.8, 4) is 0 Å². The van der Waals surface area contributed by atoms with Gasteiger partial charge in [-0.2, -0.15) is 0 Å². The summed E-state index contributed by atoms with van der Waals surface area (Å²) in [6.45, 7) is 6.81. The van der Waals surface area contributed by atoms with Crippen molar-refractivity contribution in [2.45, 2.75) is 32.8 Å². The van der Waals surface area contributed by atoms with E-state index in [0.29, 0.717) is 26.1 Å². The van der Waals surface area contributed by atoms with Crippen LogP contribution in [0.5, 0.6) is 0 Å². The maximum absolute atomic E-state index is 11.4. The van der Waals surface area contributed by atoms with E-state index in [1.54, 1.807) is 0 Å². The van der Waals surface area contributed by atoms with E-state index in [2.05, 4.69) is 6.58 Å². The highest BCUT2D eigenvalue weighted by Gasteiger charge is 2.02. The number of carbonyl (C=O) groups is 1. The molecule has 2 nitrogen and oxygen atoms in total. The maximum atomic E-state index is 11.4. The lowest BCUT2D eigenvalue weighted by atomic mass is 10.1. The summed E-state index contributed by atoms with van der Waals surface area (Å²) >= 11 is 0. The van der Waals surface area contributed by atoms with Gasteiger partial charge in [0.25, 0.3) is 0 Å². The van der Waals surface area contributed by atoms with Crippen LogP contribution in [-0.2, 0) is 16.1 Å². The van der Waals surface area contributed by atoms with Crippen molar-refractivity contribution in [2.24, 2.45) is 0 Å². The van der Waals surface area contributed by atoms with E-state index in [1.165, 1.54) is 0 Å². The number of rotatable bonds is 8. The Morgan fingerprint density at radius 1 is 1.18 bits per heavy atom. The van der Waals surface area contributed by atoms with Gasteiger partial charge in [-0.1, -0.05) is 35.9 Å². The molecule has 0 atom stereocenters. The van der Waals surface area contributed by atoms with Crippen LogP contribution in [0.3, 0.4) is 0 Å². The van der Waals surface area contributed by atoms with Gasteiger partial charge in [0.05, 0.1) is 13.2 Å². The molecule has 0 spiro atoms. The molecule has 1 aromatic rings. The van der Waals surface area contributed by atoms with Gasteiger partial charge in [0, 0.05) is 12.8 Å². The first-order chi connectivity index (χ1) is 8.18. The number of allylic oxidation sites excluding steroid dienone is 1. The zero-order valence-corrected chi connectivity index (χ0v) is 10.4. The van der Waals surface area contributed by atoms with Crippen LogP contribution in [0.25, 0.3) is 0 Å². The minimum Gasteiger partial charge on any atom is -0.376 e. The average Bonchev–Trinajstić information content (AvgIpc) is 2.33. The van der Waals surface area contributed by atoms with E-state index in [4.69, 9.17) is 4.74 Å². The summed E-state index contributed by atoms with van der Waals surface area (Å²) in [5, 5.41) is 0. The Kier molecular flexibility index (Phi) is 6.26. The van der Waals surface area contributed by atoms with E-state index < -0.39 is 0 Å². The number of Topliss-reactive ketones (excluding diaryl/α,β-unsaturated/α-hetero) is 1. The number of hydrogen-bond acceptors (Lipinski definition) is 2. The van der Waals surface area contributed by atoms with Gasteiger partial charge in [-0.25, -0.2) is 0 Å². The predicted molar refractivity (Wildman–Crippen MR) is 69.8 cm³/mol. The van der Waals surface area contributed by atoms with Crippen LogP contribution >= 0.6 is 0 Å². The summed E-state index contributed by atoms with van der Waals surface area (Å²) in [6.07, 6.45) is 1.88. The molecule has 17 heavy (non-hydrogen) atoms. The zero-order valence-electron chi connectivity index (χ0n) is 10.4. The molecule has 1 aromatic carbocycles. The standard InChI is InChI=1S/C15H20O2/c1-13(2)8-9-15(16)10-11-17-12-14-6-4-3-5-7-14/h3-7H,1,8-12H2,2H3. The molecule has 0 saturated carbocycles. The molecule has 0 aromatic heterocycles. The summed E-state index contributed by atoms with van der Waals surface area (Å²) in [4.78, 5) is 11.4. The normalized spacial score (nSPS) is 10.2. The Balaban J connectivity index is 2.08. The highest BCUT2D eigenvalue weighted by molar-refractivity contribution is 5.78. The van der Waals surface area contributed by atoms with Crippen molar-refractivity contribution < 1.29 is 9.53 Å². The van der Waals surface area contributed by atoms with Gasteiger partial charge in [-0.05, 0) is 18.9 Å². The monoisotopic (exact) mass is 232 g/mol. The molecular weight excluding hydrogens is 212 g/mol. The summed E-state index contributed by atoms with van der Waals surface area (Å²) in [5.41, 5.74) is 2.20. The van der Waals surface area contributed by atoms with Crippen molar-refractivity contribution in [1.82, 2.24) is 0 Å². The van der Waals surface area contributed by atoms with Crippen LogP contribution in [0, 0.1) is 0 Å². The van der Waals surface area contributed by atoms with E-state index in [9.17, 15) is 4.79 Å². The molecule has 0 N–H and O–H groups in total. The van der Waals surface area contributed by atoms with Gasteiger partial charge >= 0.3 is 0 Å². The third kappa shape index (κ3) is 6.69. The van der Waals surface area contributed by atoms with Crippen LogP contribution in [0.2, 0.25) is 0 Å². The molecule has 0 aliphatic heterocycles. The molecule has 0 bridgehead atoms. The lowest BCUT2D eigenvalue weighted by Gasteiger charge is -2.04. The van der Waals surface area contributed by atoms with E-state index in [0.717, 1.165) is 17.6 Å². The van der Waals surface area contributed by atoms with Crippen LogP contribution in [0.15, 0.2) is 42.5 Å². The van der Waals surface area contributed by atoms with Crippen LogP contribution < -0.4 is 0 Å². The van der Waals surface area contributed by atoms with Crippen molar-refractivity contribution in [3.05, 3.63) is 48.0 Å². The van der Waals surface area contributed by atoms with Crippen LogP contribution in [0.1, 0.15) is 31.7 Å². The fraction of sp³-hybridized carbons (Fsp3) is 0.400. The molecule has 0 radical (unpaired) electrons. The Morgan fingerprint density at radius 3 is 2.53 bits per heavy atom. The highest BCUT2D eigenvalue weighted by Crippen LogP contribution is 2.04. The minimum absolute atomic E-state index is 0.251. The highest BCUT2D eigenvalue weighted by atomic mass is 16.5. The smallest absolute Gasteiger partial charge is 0.135 e. The van der Waals surface area contributed by atoms with Crippen molar-refractivity contribution >= 4 is 5.78 Å². The Morgan fingerprint density at radius 2 is 1.88 bits per heavy atom. The second-order valence-corrected chi connectivity index (χ2v) is 4.28. The molecule has 2 heteroatoms. The summed E-state index contributed by atoms with van der Waals surface area (Å²) in [5.74, 6) is 0.251. The zero-order chi connectivity index (χ0) is 12.5. The lowest BCUT2D eigenvalue weighted by molar-refractivity contribution is -0.120. The Labute approximate surface area is 103 Å². The van der Waals surface area contributed by atoms with E-state index in [-0.39, 0.29) is 5.78 Å². The van der Waals surface area contributed by atoms with Gasteiger partial charge in [0.2, 0.25) is 0 Å². The third-order valence-electron chi connectivity index (χ3n) is 2.47. The molecule has 0 saturated heterocycles. The summed E-state index contributed by atoms with van der Waals surface area (Å²) in [6, 6.07) is 9.98. The molecule has 0 amide bonds. The first-order valence-electron chi connectivity index (χ1n) is 5.96. The number of hydrogen-bond donors (Lipinski definition) is 0. The summed E-state index contributed by atoms with van der Waals surface area (Å²) < 4.78 is 5.45. The Bertz CT molecular complexity index is 354. The maximum Gasteiger partial charge on any atom is 0.135 e. The molecule has 0 fully saturated rings. The first-order valence-corrected chi connectivity index (χ1v) is 5.96. The van der Waals surface area contributed by atoms with Crippen molar-refractivity contribution in [2.75, 3.05) is 6.61 Å². The largest absolute Gasteiger partial charge is 0.376 e. The Hall–Kier alpha value is -1.41. The SMILES string of the molecule is C=C(C)CCC(=O)CCOCc1ccccc1. The molecule has 1 rings (SSSR count). The van der Waals surface area contributed by atoms with Gasteiger partial charge in [-0.15, -0.1) is 6.58 Å². The fourth-order valence-corrected chi connectivity index (χ4v) is 1.43. The number of carbonyl (C=O) groups excluding carboxylic acids is 1. The first kappa shape index (κ1) is 13.7. The van der Waals surface area contributed by atoms with Gasteiger partial charge < -0.3 is 4.74 Å². The lowest BCUT2D eigenvalue weighted by Crippen LogP contribution is -2.04. The fourth-order valence-electron chi connectivity index (χ4n) is 1.43. The molecule has 92 valence electrons. The second kappa shape index (κ2) is 7.80. The molecule has 0 aliphatic carbocycles. The van der Waals surface area contributed by atoms with Crippen molar-refractivity contribution in [1.29, 1.82) is 0 Å². The van der Waals surface area contributed by atoms with E-state index >= 15 is 0 Å². The minimum atomic E-state index is 0.251. The van der Waals surface area contributed by atoms with Crippen LogP contribution in [-0.4, -0.2) is 12.4 Å².